The second-order valence-corrected chi connectivity index (χ2v) is 8.50. The van der Waals surface area contributed by atoms with Crippen molar-refractivity contribution in [3.8, 4) is 0 Å². The predicted octanol–water partition coefficient (Wildman–Crippen LogP) is 6.00. The number of aryl methyl sites for hydroxylation is 1. The van der Waals surface area contributed by atoms with Crippen LogP contribution in [0.3, 0.4) is 0 Å². The maximum atomic E-state index is 14.4. The maximum absolute atomic E-state index is 14.4. The molecule has 0 radical (unpaired) electrons. The Kier molecular flexibility index (Phi) is 6.68. The van der Waals surface area contributed by atoms with E-state index in [1.54, 1.807) is 24.3 Å². The number of carbonyl (C=O) groups is 1. The third kappa shape index (κ3) is 4.97. The first-order chi connectivity index (χ1) is 15.0. The average Bonchev–Trinajstić information content (AvgIpc) is 3.11. The van der Waals surface area contributed by atoms with E-state index < -0.39 is 0 Å². The smallest absolute Gasteiger partial charge is 0.251 e. The van der Waals surface area contributed by atoms with Crippen molar-refractivity contribution in [2.45, 2.75) is 19.4 Å². The minimum absolute atomic E-state index is 0.118. The number of fused-ring (bicyclic) bond motifs is 1. The highest BCUT2D eigenvalue weighted by molar-refractivity contribution is 9.10. The maximum Gasteiger partial charge on any atom is 0.251 e. The molecule has 3 aromatic carbocycles. The highest BCUT2D eigenvalue weighted by Gasteiger charge is 2.15. The number of nitrogens with one attached hydrogen (secondary N) is 1. The Bertz CT molecular complexity index is 1220. The van der Waals surface area contributed by atoms with Gasteiger partial charge >= 0.3 is 0 Å². The third-order valence-electron chi connectivity index (χ3n) is 5.06. The molecule has 0 unspecified atom stereocenters. The van der Waals surface area contributed by atoms with Crippen molar-refractivity contribution in [1.82, 2.24) is 14.9 Å². The van der Waals surface area contributed by atoms with Crippen molar-refractivity contribution in [2.24, 2.45) is 0 Å². The van der Waals surface area contributed by atoms with E-state index in [0.29, 0.717) is 42.1 Å². The van der Waals surface area contributed by atoms with Crippen LogP contribution in [0.5, 0.6) is 0 Å². The summed E-state index contributed by atoms with van der Waals surface area (Å²) in [6.45, 7) is 0.806. The molecule has 0 bridgehead atoms. The van der Waals surface area contributed by atoms with Crippen molar-refractivity contribution in [3.05, 3.63) is 99.0 Å². The number of hydrogen-bond acceptors (Lipinski definition) is 2. The van der Waals surface area contributed by atoms with E-state index in [1.807, 2.05) is 41.0 Å². The van der Waals surface area contributed by atoms with Crippen molar-refractivity contribution < 1.29 is 9.18 Å². The Labute approximate surface area is 193 Å². The number of imidazole rings is 1. The van der Waals surface area contributed by atoms with Crippen LogP contribution in [0.2, 0.25) is 5.02 Å². The molecule has 31 heavy (non-hydrogen) atoms. The van der Waals surface area contributed by atoms with Gasteiger partial charge in [-0.25, -0.2) is 9.37 Å². The van der Waals surface area contributed by atoms with E-state index in [2.05, 4.69) is 21.2 Å². The summed E-state index contributed by atoms with van der Waals surface area (Å²) in [7, 11) is 0. The van der Waals surface area contributed by atoms with Gasteiger partial charge in [-0.05, 0) is 48.9 Å². The summed E-state index contributed by atoms with van der Waals surface area (Å²) in [6, 6.07) is 19.7. The van der Waals surface area contributed by atoms with Crippen LogP contribution in [-0.4, -0.2) is 22.0 Å². The van der Waals surface area contributed by atoms with Crippen LogP contribution in [0.15, 0.2) is 71.2 Å². The molecule has 1 amide bonds. The molecule has 158 valence electrons. The van der Waals surface area contributed by atoms with Gasteiger partial charge in [0.1, 0.15) is 11.6 Å². The van der Waals surface area contributed by atoms with Gasteiger partial charge in [-0.1, -0.05) is 51.8 Å². The van der Waals surface area contributed by atoms with Gasteiger partial charge in [-0.3, -0.25) is 4.79 Å². The molecule has 0 aliphatic carbocycles. The Morgan fingerprint density at radius 1 is 1.10 bits per heavy atom. The largest absolute Gasteiger partial charge is 0.352 e. The number of rotatable bonds is 7. The molecule has 0 spiro atoms. The first-order valence-electron chi connectivity index (χ1n) is 9.94. The van der Waals surface area contributed by atoms with E-state index in [-0.39, 0.29) is 11.7 Å². The number of aromatic nitrogens is 2. The van der Waals surface area contributed by atoms with E-state index >= 15 is 0 Å². The van der Waals surface area contributed by atoms with Gasteiger partial charge in [0.15, 0.2) is 0 Å². The molecule has 0 atom stereocenters. The molecule has 7 heteroatoms. The highest BCUT2D eigenvalue weighted by Crippen LogP contribution is 2.24. The Morgan fingerprint density at radius 2 is 1.90 bits per heavy atom. The number of nitrogens with zero attached hydrogens (tertiary/aromatic N) is 2. The highest BCUT2D eigenvalue weighted by atomic mass is 79.9. The molecule has 0 aliphatic rings. The van der Waals surface area contributed by atoms with Gasteiger partial charge in [0.05, 0.1) is 17.6 Å². The molecule has 1 aromatic heterocycles. The second-order valence-electron chi connectivity index (χ2n) is 7.17. The SMILES string of the molecule is O=C(NCCCc1nc2ccccc2n1Cc1c(F)cccc1Cl)c1cccc(Br)c1. The standard InChI is InChI=1S/C24H20BrClFN3O/c25-17-7-3-6-16(14-17)24(31)28-13-5-12-23-29-21-10-1-2-11-22(21)30(23)15-18-19(26)8-4-9-20(18)27/h1-4,6-11,14H,5,12-13,15H2,(H,28,31). The summed E-state index contributed by atoms with van der Waals surface area (Å²) < 4.78 is 17.2. The lowest BCUT2D eigenvalue weighted by Crippen LogP contribution is -2.25. The van der Waals surface area contributed by atoms with Gasteiger partial charge in [-0.2, -0.15) is 0 Å². The number of carbonyl (C=O) groups excluding carboxylic acids is 1. The molecule has 1 N–H and O–H groups in total. The molecular formula is C24H20BrClFN3O. The second kappa shape index (κ2) is 9.62. The lowest BCUT2D eigenvalue weighted by Gasteiger charge is -2.12. The molecule has 4 nitrogen and oxygen atoms in total. The monoisotopic (exact) mass is 499 g/mol. The van der Waals surface area contributed by atoms with Gasteiger partial charge in [0.2, 0.25) is 0 Å². The summed E-state index contributed by atoms with van der Waals surface area (Å²) >= 11 is 9.63. The molecule has 0 saturated heterocycles. The van der Waals surface area contributed by atoms with Gasteiger partial charge in [-0.15, -0.1) is 0 Å². The van der Waals surface area contributed by atoms with E-state index in [9.17, 15) is 9.18 Å². The molecule has 0 saturated carbocycles. The number of halogens is 3. The fraction of sp³-hybridized carbons (Fsp3) is 0.167. The zero-order chi connectivity index (χ0) is 21.8. The van der Waals surface area contributed by atoms with Gasteiger partial charge in [0, 0.05) is 33.6 Å². The summed E-state index contributed by atoms with van der Waals surface area (Å²) in [5.41, 5.74) is 2.82. The topological polar surface area (TPSA) is 46.9 Å². The van der Waals surface area contributed by atoms with Crippen molar-refractivity contribution in [2.75, 3.05) is 6.54 Å². The normalized spacial score (nSPS) is 11.1. The van der Waals surface area contributed by atoms with Crippen LogP contribution >= 0.6 is 27.5 Å². The summed E-state index contributed by atoms with van der Waals surface area (Å²) in [4.78, 5) is 17.1. The molecular weight excluding hydrogens is 481 g/mol. The average molecular weight is 501 g/mol. The minimum Gasteiger partial charge on any atom is -0.352 e. The lowest BCUT2D eigenvalue weighted by molar-refractivity contribution is 0.0953. The minimum atomic E-state index is -0.336. The molecule has 0 fully saturated rings. The summed E-state index contributed by atoms with van der Waals surface area (Å²) in [5, 5.41) is 3.33. The molecule has 4 aromatic rings. The number of benzene rings is 3. The van der Waals surface area contributed by atoms with E-state index in [4.69, 9.17) is 16.6 Å². The predicted molar refractivity (Wildman–Crippen MR) is 125 cm³/mol. The fourth-order valence-electron chi connectivity index (χ4n) is 3.51. The van der Waals surface area contributed by atoms with Crippen LogP contribution in [0, 0.1) is 5.82 Å². The van der Waals surface area contributed by atoms with Gasteiger partial charge in [0.25, 0.3) is 5.91 Å². The van der Waals surface area contributed by atoms with Crippen molar-refractivity contribution >= 4 is 44.5 Å². The lowest BCUT2D eigenvalue weighted by atomic mass is 10.2. The van der Waals surface area contributed by atoms with Crippen LogP contribution in [0.25, 0.3) is 11.0 Å². The summed E-state index contributed by atoms with van der Waals surface area (Å²) in [5.74, 6) is 0.377. The summed E-state index contributed by atoms with van der Waals surface area (Å²) in [6.07, 6.45) is 1.34. The van der Waals surface area contributed by atoms with Crippen molar-refractivity contribution in [3.63, 3.8) is 0 Å². The van der Waals surface area contributed by atoms with Gasteiger partial charge < -0.3 is 9.88 Å². The van der Waals surface area contributed by atoms with E-state index in [0.717, 1.165) is 21.3 Å². The van der Waals surface area contributed by atoms with Crippen LogP contribution in [-0.2, 0) is 13.0 Å². The first-order valence-corrected chi connectivity index (χ1v) is 11.1. The van der Waals surface area contributed by atoms with Crippen molar-refractivity contribution in [1.29, 1.82) is 0 Å². The van der Waals surface area contributed by atoms with Crippen LogP contribution in [0.4, 0.5) is 4.39 Å². The Hall–Kier alpha value is -2.70. The van der Waals surface area contributed by atoms with E-state index in [1.165, 1.54) is 6.07 Å². The first kappa shape index (κ1) is 21.5. The Balaban J connectivity index is 1.49. The number of hydrogen-bond donors (Lipinski definition) is 1. The quantitative estimate of drug-likeness (QED) is 0.316. The molecule has 0 aliphatic heterocycles. The van der Waals surface area contributed by atoms with Crippen LogP contribution in [0.1, 0.15) is 28.2 Å². The number of para-hydroxylation sites is 2. The zero-order valence-electron chi connectivity index (χ0n) is 16.6. The molecule has 4 rings (SSSR count). The number of amides is 1. The molecule has 1 heterocycles. The third-order valence-corrected chi connectivity index (χ3v) is 5.91. The fourth-order valence-corrected chi connectivity index (χ4v) is 4.14. The van der Waals surface area contributed by atoms with Crippen LogP contribution < -0.4 is 5.32 Å². The zero-order valence-corrected chi connectivity index (χ0v) is 19.0. The Morgan fingerprint density at radius 3 is 2.71 bits per heavy atom.